The molecule has 34 heteroatoms. The van der Waals surface area contributed by atoms with Gasteiger partial charge in [-0.3, -0.25) is 62.5 Å². The van der Waals surface area contributed by atoms with E-state index in [-0.39, 0.29) is 112 Å². The number of aliphatic hydroxyl groups excluding tert-OH is 1. The zero-order valence-corrected chi connectivity index (χ0v) is 56.6. The number of rotatable bonds is 33. The zero-order valence-electron chi connectivity index (χ0n) is 56.6. The molecule has 0 saturated carbocycles. The number of aliphatic carboxylic acids is 1. The lowest BCUT2D eigenvalue weighted by Crippen LogP contribution is -2.61. The van der Waals surface area contributed by atoms with Gasteiger partial charge in [0.15, 0.2) is 5.96 Å². The number of phenolic OH excluding ortho intramolecular Hbond substituents is 1. The van der Waals surface area contributed by atoms with E-state index in [4.69, 9.17) is 27.1 Å². The number of carbonyl (C=O) groups excluding carboxylic acids is 11. The molecule has 11 amide bonds. The van der Waals surface area contributed by atoms with Gasteiger partial charge in [0.25, 0.3) is 5.97 Å². The van der Waals surface area contributed by atoms with Gasteiger partial charge in [-0.05, 0) is 90.1 Å². The van der Waals surface area contributed by atoms with Gasteiger partial charge in [0, 0.05) is 81.1 Å². The molecule has 0 radical (unpaired) electrons. The van der Waals surface area contributed by atoms with Crippen molar-refractivity contribution in [2.75, 3.05) is 26.2 Å². The molecule has 4 heterocycles. The molecule has 0 bridgehead atoms. The zero-order chi connectivity index (χ0) is 72.6. The number of guanidine groups is 1. The Morgan fingerprint density at radius 1 is 0.657 bits per heavy atom. The molecule has 8 rings (SSSR count). The van der Waals surface area contributed by atoms with Crippen LogP contribution >= 0.6 is 0 Å². The fraction of sp³-hybridized carbons (Fsp3) is 0.412. The van der Waals surface area contributed by atoms with E-state index in [1.54, 1.807) is 50.4 Å². The van der Waals surface area contributed by atoms with Crippen LogP contribution in [0.1, 0.15) is 88.1 Å². The molecule has 9 unspecified atom stereocenters. The summed E-state index contributed by atoms with van der Waals surface area (Å²) in [7, 11) is 0. The van der Waals surface area contributed by atoms with Crippen molar-refractivity contribution < 1.29 is 83.8 Å². The number of carboxylic acids is 1. The number of benzene rings is 4. The Bertz CT molecular complexity index is 3910. The first-order valence-corrected chi connectivity index (χ1v) is 32.7. The smallest absolute Gasteiger partial charge is 0.300 e. The second-order valence-electron chi connectivity index (χ2n) is 24.8. The van der Waals surface area contributed by atoms with E-state index in [2.05, 4.69) is 67.8 Å². The maximum atomic E-state index is 15.1. The van der Waals surface area contributed by atoms with E-state index in [1.807, 2.05) is 36.4 Å². The summed E-state index contributed by atoms with van der Waals surface area (Å²) in [4.78, 5) is 178. The Hall–Kier alpha value is -11.5. The number of aliphatic hydroxyl groups is 1. The lowest BCUT2D eigenvalue weighted by atomic mass is 9.98. The molecule has 34 nitrogen and oxygen atoms in total. The Morgan fingerprint density at radius 3 is 1.81 bits per heavy atom. The molecule has 550 valence electrons. The number of hydrogen-bond acceptors (Lipinski definition) is 16. The highest BCUT2D eigenvalue weighted by Crippen LogP contribution is 2.23. The van der Waals surface area contributed by atoms with Crippen molar-refractivity contribution in [3.05, 3.63) is 132 Å². The third kappa shape index (κ3) is 24.4. The lowest BCUT2D eigenvalue weighted by Gasteiger charge is -2.30. The molecule has 6 aromatic rings. The molecule has 2 saturated heterocycles. The van der Waals surface area contributed by atoms with Gasteiger partial charge >= 0.3 is 0 Å². The standard InChI is InChI=1S/C66H83N17O13.C2H4O2.2H2O/c1-36(2)25-48(58(89)76-47(13-7-23-71-66(68)69)65(96)83-24-8-14-54(83)64(95)73-33-55(67)86)77-60(91)50(28-38-15-18-39-9-3-4-10-40(39)26-38)78-59(90)49(27-37-16-19-43(85)20-17-37)79-63(94)53(34-84)82-61(92)51(29-41-31-72-45-12-6-5-11-44(41)45)80-62(93)52(30-42-32-70-35-74-42)81-57(88)46-21-22-56(87)75-46;1-2(3)4;;/h3-6,9-12,15-20,26,31-32,35-36,46-54,72,84-85H,7-8,13-14,21-25,27-30,33-34H2,1-2H3,(H2,67,86)(H,70,74)(H,73,95)(H,75,87)(H,76,89)(H,77,91)(H,78,90)(H,79,94)(H,80,93)(H,81,88)(H,82,92)(H4,68,69,71);1H3,(H,3,4);2*1H2. The van der Waals surface area contributed by atoms with Gasteiger partial charge in [0.1, 0.15) is 60.1 Å². The number of hydrogen-bond donors (Lipinski definition) is 17. The highest BCUT2D eigenvalue weighted by molar-refractivity contribution is 6.00. The average Bonchev–Trinajstić information content (AvgIpc) is 1.54. The predicted molar refractivity (Wildman–Crippen MR) is 372 cm³/mol. The SMILES string of the molecule is CC(=O)O.CC(C)CC(NC(=O)C(Cc1ccc2ccccc2c1)NC(=O)C(Cc1ccc(O)cc1)NC(=O)C(CO)NC(=O)C(Cc1c[nH]c2ccccc12)NC(=O)C(Cc1cnc[nH]1)NC(=O)C1CCC(=O)N1)C(=O)NC(CCCN=C(N)N)C(=O)N1CCCC1C(=O)NCC(N)=O.O.O. The minimum Gasteiger partial charge on any atom is -0.508 e. The Kier molecular flexibility index (Phi) is 31.3. The number of nitrogens with two attached hydrogens (primary N) is 3. The number of phenols is 1. The first-order chi connectivity index (χ1) is 47.7. The number of aliphatic imine (C=N–C) groups is 1. The fourth-order valence-corrected chi connectivity index (χ4v) is 11.6. The molecule has 24 N–H and O–H groups in total. The largest absolute Gasteiger partial charge is 0.508 e. The highest BCUT2D eigenvalue weighted by Gasteiger charge is 2.40. The van der Waals surface area contributed by atoms with E-state index in [0.717, 1.165) is 17.7 Å². The Morgan fingerprint density at radius 2 is 1.22 bits per heavy atom. The fourth-order valence-electron chi connectivity index (χ4n) is 11.6. The van der Waals surface area contributed by atoms with Crippen molar-refractivity contribution in [2.45, 2.75) is 146 Å². The number of primary amides is 1. The van der Waals surface area contributed by atoms with Gasteiger partial charge in [0.05, 0.1) is 19.5 Å². The van der Waals surface area contributed by atoms with Gasteiger partial charge in [-0.2, -0.15) is 0 Å². The van der Waals surface area contributed by atoms with Crippen LogP contribution in [0, 0.1) is 5.92 Å². The predicted octanol–water partition coefficient (Wildman–Crippen LogP) is -3.18. The number of likely N-dealkylation sites (tertiary alicyclic amines) is 1. The molecule has 102 heavy (non-hydrogen) atoms. The summed E-state index contributed by atoms with van der Waals surface area (Å²) in [6.07, 6.45) is 4.89. The third-order valence-electron chi connectivity index (χ3n) is 16.5. The second-order valence-corrected chi connectivity index (χ2v) is 24.8. The van der Waals surface area contributed by atoms with Crippen LogP contribution in [-0.2, 0) is 83.2 Å². The summed E-state index contributed by atoms with van der Waals surface area (Å²) in [6, 6.07) is 13.5. The third-order valence-corrected chi connectivity index (χ3v) is 16.5. The maximum absolute atomic E-state index is 15.1. The number of amides is 11. The minimum atomic E-state index is -1.80. The van der Waals surface area contributed by atoms with Crippen molar-refractivity contribution >= 4 is 98.6 Å². The first kappa shape index (κ1) is 81.2. The number of carboxylic acid groups (broad SMARTS) is 1. The molecular formula is C68H91N17O17. The number of nitrogens with zero attached hydrogens (tertiary/aromatic N) is 3. The van der Waals surface area contributed by atoms with Gasteiger partial charge in [-0.15, -0.1) is 0 Å². The van der Waals surface area contributed by atoms with Crippen molar-refractivity contribution in [3.63, 3.8) is 0 Å². The van der Waals surface area contributed by atoms with Crippen LogP contribution in [0.5, 0.6) is 5.75 Å². The first-order valence-electron chi connectivity index (χ1n) is 32.7. The van der Waals surface area contributed by atoms with Gasteiger partial charge < -0.3 is 106 Å². The van der Waals surface area contributed by atoms with E-state index in [1.165, 1.54) is 41.7 Å². The number of nitrogens with one attached hydrogen (secondary N) is 11. The number of carbonyl (C=O) groups is 12. The average molecular weight is 1420 g/mol. The molecule has 4 aromatic carbocycles. The van der Waals surface area contributed by atoms with Crippen molar-refractivity contribution in [1.82, 2.24) is 67.7 Å². The van der Waals surface area contributed by atoms with Gasteiger partial charge in [-0.1, -0.05) is 86.6 Å². The number of imidazole rings is 1. The van der Waals surface area contributed by atoms with Crippen LogP contribution in [0.4, 0.5) is 0 Å². The molecule has 9 atom stereocenters. The minimum absolute atomic E-state index is 0. The summed E-state index contributed by atoms with van der Waals surface area (Å²) in [6.45, 7) is 3.42. The number of aromatic hydroxyl groups is 1. The molecule has 0 aliphatic carbocycles. The molecule has 0 spiro atoms. The van der Waals surface area contributed by atoms with Crippen molar-refractivity contribution in [1.29, 1.82) is 0 Å². The Labute approximate surface area is 585 Å². The summed E-state index contributed by atoms with van der Waals surface area (Å²) in [5.41, 5.74) is 19.1. The number of aromatic amines is 2. The summed E-state index contributed by atoms with van der Waals surface area (Å²) >= 11 is 0. The monoisotopic (exact) mass is 1420 g/mol. The summed E-state index contributed by atoms with van der Waals surface area (Å²) in [5, 5.41) is 55.0. The normalized spacial score (nSPS) is 15.8. The van der Waals surface area contributed by atoms with Crippen molar-refractivity contribution in [3.8, 4) is 5.75 Å². The molecule has 2 aliphatic heterocycles. The summed E-state index contributed by atoms with van der Waals surface area (Å²) in [5.74, 6) is -9.85. The van der Waals surface area contributed by atoms with Crippen LogP contribution in [0.2, 0.25) is 0 Å². The van der Waals surface area contributed by atoms with E-state index in [0.29, 0.717) is 39.7 Å². The quantitative estimate of drug-likeness (QED) is 0.0110. The Balaban J connectivity index is 0.00000304. The molecular weight excluding hydrogens is 1330 g/mol. The van der Waals surface area contributed by atoms with Crippen LogP contribution in [0.25, 0.3) is 21.7 Å². The van der Waals surface area contributed by atoms with E-state index < -0.39 is 133 Å². The number of fused-ring (bicyclic) bond motifs is 2. The van der Waals surface area contributed by atoms with Crippen LogP contribution in [-0.4, -0.2) is 204 Å². The molecule has 2 aliphatic rings. The highest BCUT2D eigenvalue weighted by atomic mass is 16.4. The topological polar surface area (TPSA) is 575 Å². The molecule has 2 aromatic heterocycles. The lowest BCUT2D eigenvalue weighted by molar-refractivity contribution is -0.142. The summed E-state index contributed by atoms with van der Waals surface area (Å²) < 4.78 is 0. The van der Waals surface area contributed by atoms with E-state index >= 15 is 9.59 Å². The van der Waals surface area contributed by atoms with Gasteiger partial charge in [0.2, 0.25) is 65.0 Å². The van der Waals surface area contributed by atoms with Crippen LogP contribution in [0.15, 0.2) is 115 Å². The maximum Gasteiger partial charge on any atom is 0.300 e. The number of H-pyrrole nitrogens is 2. The van der Waals surface area contributed by atoms with E-state index in [9.17, 15) is 53.4 Å². The van der Waals surface area contributed by atoms with Gasteiger partial charge in [-0.25, -0.2) is 4.98 Å². The van der Waals surface area contributed by atoms with Crippen LogP contribution < -0.4 is 65.1 Å². The molecule has 2 fully saturated rings. The second kappa shape index (κ2) is 39.3. The van der Waals surface area contributed by atoms with Crippen LogP contribution in [0.3, 0.4) is 0 Å². The number of para-hydroxylation sites is 1. The van der Waals surface area contributed by atoms with Crippen molar-refractivity contribution in [2.24, 2.45) is 28.1 Å². The number of aromatic nitrogens is 3.